The van der Waals surface area contributed by atoms with E-state index in [0.717, 1.165) is 31.1 Å². The van der Waals surface area contributed by atoms with E-state index in [1.807, 2.05) is 36.2 Å². The van der Waals surface area contributed by atoms with Crippen molar-refractivity contribution in [3.05, 3.63) is 53.9 Å². The van der Waals surface area contributed by atoms with Gasteiger partial charge in [0.25, 0.3) is 5.91 Å². The molecule has 1 aliphatic heterocycles. The van der Waals surface area contributed by atoms with E-state index < -0.39 is 0 Å². The van der Waals surface area contributed by atoms with Crippen LogP contribution in [0.3, 0.4) is 0 Å². The summed E-state index contributed by atoms with van der Waals surface area (Å²) < 4.78 is 0. The maximum absolute atomic E-state index is 12.6. The third kappa shape index (κ3) is 5.74. The lowest BCUT2D eigenvalue weighted by Gasteiger charge is -2.35. The van der Waals surface area contributed by atoms with Gasteiger partial charge in [-0.05, 0) is 30.8 Å². The SMILES string of the molecule is CNC(=O)c1ccc(CN(C)CCC(=O)N2CCN(c3ncccn3)CC2)cc1. The van der Waals surface area contributed by atoms with E-state index in [0.29, 0.717) is 31.6 Å². The number of hydrogen-bond acceptors (Lipinski definition) is 6. The van der Waals surface area contributed by atoms with Crippen molar-refractivity contribution in [2.45, 2.75) is 13.0 Å². The standard InChI is InChI=1S/C21H28N6O2/c1-22-20(29)18-6-4-17(5-7-18)16-25(2)11-8-19(28)26-12-14-27(15-13-26)21-23-9-3-10-24-21/h3-7,9-10H,8,11-16H2,1-2H3,(H,22,29). The molecule has 2 amide bonds. The fourth-order valence-electron chi connectivity index (χ4n) is 3.35. The Hall–Kier alpha value is -3.00. The largest absolute Gasteiger partial charge is 0.355 e. The number of amides is 2. The van der Waals surface area contributed by atoms with Crippen LogP contribution in [0.25, 0.3) is 0 Å². The van der Waals surface area contributed by atoms with Crippen LogP contribution in [0.4, 0.5) is 5.95 Å². The van der Waals surface area contributed by atoms with Crippen LogP contribution in [0.1, 0.15) is 22.3 Å². The summed E-state index contributed by atoms with van der Waals surface area (Å²) in [6, 6.07) is 9.35. The van der Waals surface area contributed by atoms with Gasteiger partial charge in [0, 0.05) is 70.7 Å². The molecular formula is C21H28N6O2. The lowest BCUT2D eigenvalue weighted by Crippen LogP contribution is -2.49. The third-order valence-electron chi connectivity index (χ3n) is 5.07. The van der Waals surface area contributed by atoms with Gasteiger partial charge < -0.3 is 20.0 Å². The fraction of sp³-hybridized carbons (Fsp3) is 0.429. The molecule has 29 heavy (non-hydrogen) atoms. The molecule has 1 saturated heterocycles. The molecule has 154 valence electrons. The maximum Gasteiger partial charge on any atom is 0.251 e. The quantitative estimate of drug-likeness (QED) is 0.752. The van der Waals surface area contributed by atoms with Gasteiger partial charge in [0.1, 0.15) is 0 Å². The average Bonchev–Trinajstić information content (AvgIpc) is 2.78. The van der Waals surface area contributed by atoms with Crippen LogP contribution in [0.2, 0.25) is 0 Å². The van der Waals surface area contributed by atoms with Gasteiger partial charge in [-0.15, -0.1) is 0 Å². The second kappa shape index (κ2) is 9.97. The minimum atomic E-state index is -0.0885. The van der Waals surface area contributed by atoms with Crippen LogP contribution in [0, 0.1) is 0 Å². The third-order valence-corrected chi connectivity index (χ3v) is 5.07. The molecular weight excluding hydrogens is 368 g/mol. The molecule has 2 heterocycles. The lowest BCUT2D eigenvalue weighted by atomic mass is 10.1. The molecule has 1 fully saturated rings. The van der Waals surface area contributed by atoms with E-state index in [1.165, 1.54) is 0 Å². The highest BCUT2D eigenvalue weighted by Gasteiger charge is 2.22. The normalized spacial score (nSPS) is 14.2. The number of piperazine rings is 1. The summed E-state index contributed by atoms with van der Waals surface area (Å²) >= 11 is 0. The summed E-state index contributed by atoms with van der Waals surface area (Å²) in [7, 11) is 3.63. The van der Waals surface area contributed by atoms with E-state index in [9.17, 15) is 9.59 Å². The van der Waals surface area contributed by atoms with Gasteiger partial charge in [0.15, 0.2) is 0 Å². The van der Waals surface area contributed by atoms with E-state index in [1.54, 1.807) is 25.5 Å². The molecule has 1 aliphatic rings. The molecule has 0 radical (unpaired) electrons. The molecule has 0 unspecified atom stereocenters. The van der Waals surface area contributed by atoms with Crippen LogP contribution in [0.5, 0.6) is 0 Å². The zero-order chi connectivity index (χ0) is 20.6. The molecule has 0 aliphatic carbocycles. The molecule has 8 nitrogen and oxygen atoms in total. The van der Waals surface area contributed by atoms with Gasteiger partial charge in [0.05, 0.1) is 0 Å². The van der Waals surface area contributed by atoms with Crippen molar-refractivity contribution >= 4 is 17.8 Å². The average molecular weight is 396 g/mol. The predicted molar refractivity (Wildman–Crippen MR) is 112 cm³/mol. The van der Waals surface area contributed by atoms with Crippen LogP contribution >= 0.6 is 0 Å². The summed E-state index contributed by atoms with van der Waals surface area (Å²) in [4.78, 5) is 38.9. The molecule has 1 aromatic carbocycles. The number of benzene rings is 1. The summed E-state index contributed by atoms with van der Waals surface area (Å²) in [5.74, 6) is 0.816. The minimum Gasteiger partial charge on any atom is -0.355 e. The van der Waals surface area contributed by atoms with Crippen molar-refractivity contribution in [3.8, 4) is 0 Å². The molecule has 2 aromatic rings. The van der Waals surface area contributed by atoms with Gasteiger partial charge in [-0.2, -0.15) is 0 Å². The van der Waals surface area contributed by atoms with Crippen molar-refractivity contribution in [2.24, 2.45) is 0 Å². The molecule has 0 saturated carbocycles. The fourth-order valence-corrected chi connectivity index (χ4v) is 3.35. The molecule has 0 bridgehead atoms. The summed E-state index contributed by atoms with van der Waals surface area (Å²) in [5.41, 5.74) is 1.76. The number of carbonyl (C=O) groups is 2. The molecule has 1 aromatic heterocycles. The smallest absolute Gasteiger partial charge is 0.251 e. The Morgan fingerprint density at radius 1 is 1.07 bits per heavy atom. The van der Waals surface area contributed by atoms with Crippen LogP contribution < -0.4 is 10.2 Å². The first kappa shape index (κ1) is 20.7. The van der Waals surface area contributed by atoms with E-state index in [2.05, 4.69) is 25.1 Å². The number of carbonyl (C=O) groups excluding carboxylic acids is 2. The predicted octanol–water partition coefficient (Wildman–Crippen LogP) is 1.01. The Morgan fingerprint density at radius 2 is 1.72 bits per heavy atom. The van der Waals surface area contributed by atoms with Gasteiger partial charge in [-0.1, -0.05) is 12.1 Å². The molecule has 0 spiro atoms. The van der Waals surface area contributed by atoms with E-state index >= 15 is 0 Å². The first-order chi connectivity index (χ1) is 14.1. The highest BCUT2D eigenvalue weighted by atomic mass is 16.2. The van der Waals surface area contributed by atoms with Crippen molar-refractivity contribution in [3.63, 3.8) is 0 Å². The zero-order valence-electron chi connectivity index (χ0n) is 17.0. The first-order valence-corrected chi connectivity index (χ1v) is 9.86. The second-order valence-corrected chi connectivity index (χ2v) is 7.18. The Bertz CT molecular complexity index is 804. The zero-order valence-corrected chi connectivity index (χ0v) is 17.0. The van der Waals surface area contributed by atoms with E-state index in [-0.39, 0.29) is 11.8 Å². The Kier molecular flexibility index (Phi) is 7.13. The van der Waals surface area contributed by atoms with Crippen LogP contribution in [-0.4, -0.2) is 78.4 Å². The van der Waals surface area contributed by atoms with Gasteiger partial charge in [0.2, 0.25) is 11.9 Å². The lowest BCUT2D eigenvalue weighted by molar-refractivity contribution is -0.131. The number of nitrogens with one attached hydrogen (secondary N) is 1. The summed E-state index contributed by atoms with van der Waals surface area (Å²) in [6.45, 7) is 4.33. The number of rotatable bonds is 7. The summed E-state index contributed by atoms with van der Waals surface area (Å²) in [5, 5.41) is 2.62. The van der Waals surface area contributed by atoms with Gasteiger partial charge in [-0.3, -0.25) is 9.59 Å². The number of nitrogens with zero attached hydrogens (tertiary/aromatic N) is 5. The Morgan fingerprint density at radius 3 is 2.34 bits per heavy atom. The van der Waals surface area contributed by atoms with Crippen molar-refractivity contribution in [2.75, 3.05) is 51.7 Å². The topological polar surface area (TPSA) is 81.7 Å². The Labute approximate surface area is 171 Å². The summed E-state index contributed by atoms with van der Waals surface area (Å²) in [6.07, 6.45) is 3.97. The van der Waals surface area contributed by atoms with Gasteiger partial charge in [-0.25, -0.2) is 9.97 Å². The van der Waals surface area contributed by atoms with Crippen LogP contribution in [-0.2, 0) is 11.3 Å². The molecule has 0 atom stereocenters. The van der Waals surface area contributed by atoms with Crippen molar-refractivity contribution in [1.29, 1.82) is 0 Å². The Balaban J connectivity index is 1.40. The first-order valence-electron chi connectivity index (χ1n) is 9.86. The highest BCUT2D eigenvalue weighted by Crippen LogP contribution is 2.11. The van der Waals surface area contributed by atoms with Gasteiger partial charge >= 0.3 is 0 Å². The van der Waals surface area contributed by atoms with Crippen molar-refractivity contribution < 1.29 is 9.59 Å². The number of anilines is 1. The molecule has 8 heteroatoms. The highest BCUT2D eigenvalue weighted by molar-refractivity contribution is 5.93. The second-order valence-electron chi connectivity index (χ2n) is 7.18. The molecule has 1 N–H and O–H groups in total. The minimum absolute atomic E-state index is 0.0885. The van der Waals surface area contributed by atoms with Crippen LogP contribution in [0.15, 0.2) is 42.7 Å². The number of aromatic nitrogens is 2. The monoisotopic (exact) mass is 396 g/mol. The van der Waals surface area contributed by atoms with Crippen molar-refractivity contribution in [1.82, 2.24) is 25.1 Å². The maximum atomic E-state index is 12.6. The number of hydrogen-bond donors (Lipinski definition) is 1. The molecule has 3 rings (SSSR count). The van der Waals surface area contributed by atoms with E-state index in [4.69, 9.17) is 0 Å².